The van der Waals surface area contributed by atoms with Crippen LogP contribution in [-0.2, 0) is 0 Å². The molecule has 2 aromatic rings. The average molecular weight is 194 g/mol. The van der Waals surface area contributed by atoms with Crippen molar-refractivity contribution in [3.8, 4) is 11.3 Å². The van der Waals surface area contributed by atoms with Gasteiger partial charge in [0.25, 0.3) is 0 Å². The first-order chi connectivity index (χ1) is 6.27. The Kier molecular flexibility index (Phi) is 2.16. The zero-order valence-corrected chi connectivity index (χ0v) is 8.01. The van der Waals surface area contributed by atoms with Gasteiger partial charge in [0.1, 0.15) is 0 Å². The van der Waals surface area contributed by atoms with Gasteiger partial charge in [0, 0.05) is 22.0 Å². The van der Waals surface area contributed by atoms with Crippen LogP contribution in [0.4, 0.5) is 0 Å². The molecular weight excluding hydrogens is 184 g/mol. The maximum Gasteiger partial charge on any atom is 0.0854 e. The lowest BCUT2D eigenvalue weighted by Crippen LogP contribution is -1.84. The summed E-state index contributed by atoms with van der Waals surface area (Å²) in [6, 6.07) is 3.89. The fourth-order valence-corrected chi connectivity index (χ4v) is 1.98. The van der Waals surface area contributed by atoms with E-state index in [0.717, 1.165) is 16.1 Å². The van der Waals surface area contributed by atoms with Crippen molar-refractivity contribution in [3.05, 3.63) is 28.6 Å². The van der Waals surface area contributed by atoms with Gasteiger partial charge in [-0.25, -0.2) is 0 Å². The molecule has 0 radical (unpaired) electrons. The quantitative estimate of drug-likeness (QED) is 0.770. The predicted molar refractivity (Wildman–Crippen MR) is 52.5 cm³/mol. The minimum Gasteiger partial charge on any atom is -0.388 e. The van der Waals surface area contributed by atoms with Crippen LogP contribution < -0.4 is 0 Å². The second kappa shape index (κ2) is 3.32. The smallest absolute Gasteiger partial charge is 0.0854 e. The molecule has 68 valence electrons. The Labute approximate surface area is 80.1 Å². The zero-order chi connectivity index (χ0) is 9.26. The van der Waals surface area contributed by atoms with Crippen LogP contribution in [-0.4, -0.2) is 15.3 Å². The molecule has 2 aromatic heterocycles. The highest BCUT2D eigenvalue weighted by Crippen LogP contribution is 2.27. The molecule has 1 unspecified atom stereocenters. The molecule has 0 bridgehead atoms. The Balaban J connectivity index is 2.33. The normalized spacial score (nSPS) is 13.1. The number of thiophene rings is 1. The van der Waals surface area contributed by atoms with Gasteiger partial charge in [-0.2, -0.15) is 5.10 Å². The summed E-state index contributed by atoms with van der Waals surface area (Å²) < 4.78 is 0. The second-order valence-electron chi connectivity index (χ2n) is 2.88. The van der Waals surface area contributed by atoms with E-state index in [1.165, 1.54) is 0 Å². The molecule has 1 atom stereocenters. The van der Waals surface area contributed by atoms with Crippen molar-refractivity contribution in [1.82, 2.24) is 10.2 Å². The third-order valence-electron chi connectivity index (χ3n) is 1.84. The van der Waals surface area contributed by atoms with Gasteiger partial charge in [0.2, 0.25) is 0 Å². The molecule has 4 heteroatoms. The lowest BCUT2D eigenvalue weighted by Gasteiger charge is -1.96. The van der Waals surface area contributed by atoms with Crippen LogP contribution in [0.15, 0.2) is 23.7 Å². The maximum atomic E-state index is 9.32. The van der Waals surface area contributed by atoms with Crippen molar-refractivity contribution in [2.45, 2.75) is 13.0 Å². The monoisotopic (exact) mass is 194 g/mol. The van der Waals surface area contributed by atoms with Crippen LogP contribution in [0, 0.1) is 0 Å². The van der Waals surface area contributed by atoms with Crippen molar-refractivity contribution in [2.75, 3.05) is 0 Å². The molecule has 13 heavy (non-hydrogen) atoms. The molecule has 0 aliphatic heterocycles. The highest BCUT2D eigenvalue weighted by Gasteiger charge is 2.06. The number of hydrogen-bond acceptors (Lipinski definition) is 3. The fraction of sp³-hybridized carbons (Fsp3) is 0.222. The summed E-state index contributed by atoms with van der Waals surface area (Å²) in [6.45, 7) is 1.77. The summed E-state index contributed by atoms with van der Waals surface area (Å²) in [5.41, 5.74) is 2.07. The second-order valence-corrected chi connectivity index (χ2v) is 3.83. The number of aromatic amines is 1. The molecule has 3 nitrogen and oxygen atoms in total. The van der Waals surface area contributed by atoms with E-state index in [4.69, 9.17) is 0 Å². The van der Waals surface area contributed by atoms with Gasteiger partial charge in [-0.15, -0.1) is 11.3 Å². The first-order valence-corrected chi connectivity index (χ1v) is 4.91. The van der Waals surface area contributed by atoms with Gasteiger partial charge in [-0.05, 0) is 19.1 Å². The van der Waals surface area contributed by atoms with Crippen molar-refractivity contribution in [1.29, 1.82) is 0 Å². The van der Waals surface area contributed by atoms with Crippen molar-refractivity contribution in [3.63, 3.8) is 0 Å². The summed E-state index contributed by atoms with van der Waals surface area (Å²) in [5.74, 6) is 0. The topological polar surface area (TPSA) is 48.9 Å². The van der Waals surface area contributed by atoms with E-state index < -0.39 is 0 Å². The van der Waals surface area contributed by atoms with Crippen LogP contribution in [0.1, 0.15) is 17.9 Å². The van der Waals surface area contributed by atoms with E-state index >= 15 is 0 Å². The summed E-state index contributed by atoms with van der Waals surface area (Å²) in [6.07, 6.45) is 1.33. The zero-order valence-electron chi connectivity index (χ0n) is 7.19. The van der Waals surface area contributed by atoms with Gasteiger partial charge >= 0.3 is 0 Å². The number of aromatic nitrogens is 2. The molecule has 0 aromatic carbocycles. The minimum atomic E-state index is -0.387. The molecule has 0 spiro atoms. The maximum absolute atomic E-state index is 9.32. The van der Waals surface area contributed by atoms with Crippen LogP contribution in [0.3, 0.4) is 0 Å². The molecule has 0 saturated carbocycles. The molecule has 0 saturated heterocycles. The molecule has 2 N–H and O–H groups in total. The number of nitrogens with zero attached hydrogens (tertiary/aromatic N) is 1. The van der Waals surface area contributed by atoms with E-state index in [0.29, 0.717) is 0 Å². The molecule has 0 fully saturated rings. The van der Waals surface area contributed by atoms with Gasteiger partial charge in [0.15, 0.2) is 0 Å². The van der Waals surface area contributed by atoms with Crippen molar-refractivity contribution in [2.24, 2.45) is 0 Å². The molecular formula is C9H10N2OS. The number of H-pyrrole nitrogens is 1. The standard InChI is InChI=1S/C9H10N2OS/c1-6(12)9-4-7(5-13-9)8-2-3-10-11-8/h2-6,12H,1H3,(H,10,11). The van der Waals surface area contributed by atoms with Gasteiger partial charge < -0.3 is 5.11 Å². The van der Waals surface area contributed by atoms with E-state index in [1.54, 1.807) is 24.5 Å². The van der Waals surface area contributed by atoms with E-state index in [2.05, 4.69) is 10.2 Å². The summed E-state index contributed by atoms with van der Waals surface area (Å²) >= 11 is 1.56. The van der Waals surface area contributed by atoms with E-state index in [-0.39, 0.29) is 6.10 Å². The van der Waals surface area contributed by atoms with Crippen LogP contribution >= 0.6 is 11.3 Å². The summed E-state index contributed by atoms with van der Waals surface area (Å²) in [5, 5.41) is 18.1. The van der Waals surface area contributed by atoms with Gasteiger partial charge in [-0.1, -0.05) is 0 Å². The summed E-state index contributed by atoms with van der Waals surface area (Å²) in [7, 11) is 0. The number of rotatable bonds is 2. The molecule has 2 rings (SSSR count). The van der Waals surface area contributed by atoms with E-state index in [9.17, 15) is 5.11 Å². The third-order valence-corrected chi connectivity index (χ3v) is 2.95. The lowest BCUT2D eigenvalue weighted by molar-refractivity contribution is 0.203. The fourth-order valence-electron chi connectivity index (χ4n) is 1.13. The largest absolute Gasteiger partial charge is 0.388 e. The minimum absolute atomic E-state index is 0.387. The first-order valence-electron chi connectivity index (χ1n) is 4.03. The van der Waals surface area contributed by atoms with Gasteiger partial charge in [0.05, 0.1) is 11.8 Å². The molecule has 2 heterocycles. The molecule has 0 aliphatic rings. The number of aliphatic hydroxyl groups excluding tert-OH is 1. The van der Waals surface area contributed by atoms with Crippen LogP contribution in [0.2, 0.25) is 0 Å². The predicted octanol–water partition coefficient (Wildman–Crippen LogP) is 2.19. The number of nitrogens with one attached hydrogen (secondary N) is 1. The highest BCUT2D eigenvalue weighted by atomic mass is 32.1. The van der Waals surface area contributed by atoms with Crippen LogP contribution in [0.25, 0.3) is 11.3 Å². The van der Waals surface area contributed by atoms with Crippen molar-refractivity contribution >= 4 is 11.3 Å². The Bertz CT molecular complexity index is 378. The third kappa shape index (κ3) is 1.64. The lowest BCUT2D eigenvalue weighted by atomic mass is 10.2. The average Bonchev–Trinajstić information content (AvgIpc) is 2.75. The Morgan fingerprint density at radius 2 is 2.46 bits per heavy atom. The van der Waals surface area contributed by atoms with Crippen LogP contribution in [0.5, 0.6) is 0 Å². The number of hydrogen-bond donors (Lipinski definition) is 2. The first kappa shape index (κ1) is 8.47. The summed E-state index contributed by atoms with van der Waals surface area (Å²) in [4.78, 5) is 0.976. The number of aliphatic hydroxyl groups is 1. The SMILES string of the molecule is CC(O)c1cc(-c2ccn[nH]2)cs1. The molecule has 0 aliphatic carbocycles. The Morgan fingerprint density at radius 3 is 3.00 bits per heavy atom. The van der Waals surface area contributed by atoms with E-state index in [1.807, 2.05) is 17.5 Å². The highest BCUT2D eigenvalue weighted by molar-refractivity contribution is 7.10. The van der Waals surface area contributed by atoms with Crippen molar-refractivity contribution < 1.29 is 5.11 Å². The van der Waals surface area contributed by atoms with Gasteiger partial charge in [-0.3, -0.25) is 5.10 Å². The molecule has 0 amide bonds. The Morgan fingerprint density at radius 1 is 1.62 bits per heavy atom. The Hall–Kier alpha value is -1.13.